The molecule has 1 heterocycles. The first-order valence-electron chi connectivity index (χ1n) is 16.1. The lowest BCUT2D eigenvalue weighted by molar-refractivity contribution is -0.150. The van der Waals surface area contributed by atoms with Gasteiger partial charge in [-0.05, 0) is 60.4 Å². The lowest BCUT2D eigenvalue weighted by atomic mass is 9.96. The molecule has 0 radical (unpaired) electrons. The fraction of sp³-hybridized carbons (Fsp3) is 0.389. The fourth-order valence-corrected chi connectivity index (χ4v) is 6.03. The number of likely N-dealkylation sites (N-methyl/N-ethyl adjacent to an activating group) is 2. The van der Waals surface area contributed by atoms with Gasteiger partial charge in [0.25, 0.3) is 0 Å². The fourth-order valence-electron chi connectivity index (χ4n) is 6.03. The molecule has 1 saturated heterocycles. The van der Waals surface area contributed by atoms with Crippen LogP contribution in [0.1, 0.15) is 41.2 Å². The number of benzene rings is 3. The van der Waals surface area contributed by atoms with Gasteiger partial charge in [-0.25, -0.2) is 8.78 Å². The number of halogens is 8. The highest BCUT2D eigenvalue weighted by Crippen LogP contribution is 2.33. The predicted molar refractivity (Wildman–Crippen MR) is 172 cm³/mol. The molecule has 1 fully saturated rings. The molecule has 3 atom stereocenters. The molecule has 0 aliphatic carbocycles. The van der Waals surface area contributed by atoms with Gasteiger partial charge in [0.05, 0.1) is 17.7 Å². The molecule has 1 N–H and O–H groups in total. The molecular weight excluding hydrogens is 704 g/mol. The van der Waals surface area contributed by atoms with Crippen LogP contribution in [0, 0.1) is 11.6 Å². The van der Waals surface area contributed by atoms with E-state index in [4.69, 9.17) is 0 Å². The van der Waals surface area contributed by atoms with Crippen LogP contribution in [0.2, 0.25) is 0 Å². The minimum atomic E-state index is -4.82. The zero-order chi connectivity index (χ0) is 38.5. The average Bonchev–Trinajstić information content (AvgIpc) is 3.05. The second-order valence-corrected chi connectivity index (χ2v) is 12.7. The first-order chi connectivity index (χ1) is 24.2. The first kappa shape index (κ1) is 39.8. The first-order valence-corrected chi connectivity index (χ1v) is 16.1. The maximum absolute atomic E-state index is 14.4. The molecular formula is C36H36F8N4O4. The number of hydrogen-bond donors (Lipinski definition) is 1. The second-order valence-electron chi connectivity index (χ2n) is 12.7. The Morgan fingerprint density at radius 3 is 1.92 bits per heavy atom. The summed E-state index contributed by atoms with van der Waals surface area (Å²) in [5.41, 5.74) is -1.99. The zero-order valence-electron chi connectivity index (χ0n) is 28.3. The van der Waals surface area contributed by atoms with Crippen molar-refractivity contribution in [3.8, 4) is 0 Å². The summed E-state index contributed by atoms with van der Waals surface area (Å²) < 4.78 is 110. The van der Waals surface area contributed by atoms with Gasteiger partial charge in [-0.1, -0.05) is 30.3 Å². The molecule has 4 rings (SSSR count). The van der Waals surface area contributed by atoms with Crippen molar-refractivity contribution >= 4 is 23.6 Å². The third-order valence-corrected chi connectivity index (χ3v) is 8.82. The number of alkyl halides is 6. The average molecular weight is 741 g/mol. The number of rotatable bonds is 7. The van der Waals surface area contributed by atoms with Crippen molar-refractivity contribution in [1.29, 1.82) is 0 Å². The quantitative estimate of drug-likeness (QED) is 0.328. The van der Waals surface area contributed by atoms with Crippen LogP contribution in [-0.4, -0.2) is 83.6 Å². The molecule has 280 valence electrons. The maximum Gasteiger partial charge on any atom is 0.416 e. The standard InChI is InChI=1S/C36H36F8N4O4/c1-21-14-32(50)46(2)30(18-24-6-4-5-7-28(24)36(42,43)44)33(51)47(3)29(17-23-15-26(37)19-27(38)16-23)34(52)48(20-31(49)45-21)13-12-22-8-10-25(11-9-22)35(39,40)41/h4-11,15-16,19,21,29-30H,12-14,17-18,20H2,1-3H3,(H,45,49)/t21-,29+,30-/m1/s1. The second kappa shape index (κ2) is 16.1. The van der Waals surface area contributed by atoms with Gasteiger partial charge in [-0.15, -0.1) is 0 Å². The molecule has 0 bridgehead atoms. The van der Waals surface area contributed by atoms with Crippen LogP contribution in [0.15, 0.2) is 66.7 Å². The Kier molecular flexibility index (Phi) is 12.3. The molecule has 8 nitrogen and oxygen atoms in total. The van der Waals surface area contributed by atoms with Gasteiger partial charge in [-0.2, -0.15) is 26.3 Å². The largest absolute Gasteiger partial charge is 0.416 e. The molecule has 4 amide bonds. The van der Waals surface area contributed by atoms with Gasteiger partial charge in [0.2, 0.25) is 23.6 Å². The van der Waals surface area contributed by atoms with Crippen LogP contribution in [0.3, 0.4) is 0 Å². The summed E-state index contributed by atoms with van der Waals surface area (Å²) >= 11 is 0. The van der Waals surface area contributed by atoms with E-state index in [1.165, 1.54) is 32.2 Å². The van der Waals surface area contributed by atoms with Crippen LogP contribution in [0.5, 0.6) is 0 Å². The molecule has 0 spiro atoms. The van der Waals surface area contributed by atoms with E-state index >= 15 is 0 Å². The number of carbonyl (C=O) groups excluding carboxylic acids is 4. The lowest BCUT2D eigenvalue weighted by Gasteiger charge is -2.36. The Balaban J connectivity index is 1.79. The molecule has 3 aromatic rings. The molecule has 1 aliphatic heterocycles. The predicted octanol–water partition coefficient (Wildman–Crippen LogP) is 5.42. The van der Waals surface area contributed by atoms with E-state index in [2.05, 4.69) is 5.32 Å². The van der Waals surface area contributed by atoms with Crippen molar-refractivity contribution in [3.63, 3.8) is 0 Å². The highest BCUT2D eigenvalue weighted by atomic mass is 19.4. The van der Waals surface area contributed by atoms with E-state index in [-0.39, 0.29) is 30.5 Å². The van der Waals surface area contributed by atoms with Crippen molar-refractivity contribution in [2.45, 2.75) is 63.1 Å². The van der Waals surface area contributed by atoms with Crippen LogP contribution >= 0.6 is 0 Å². The third-order valence-electron chi connectivity index (χ3n) is 8.82. The number of nitrogens with one attached hydrogen (secondary N) is 1. The SMILES string of the molecule is C[C@@H]1CC(=O)N(C)[C@H](Cc2ccccc2C(F)(F)F)C(=O)N(C)[C@@H](Cc2cc(F)cc(F)c2)C(=O)N(CCc2ccc(C(F)(F)F)cc2)CC(=O)N1. The maximum atomic E-state index is 14.4. The molecule has 0 unspecified atom stereocenters. The summed E-state index contributed by atoms with van der Waals surface area (Å²) in [6, 6.07) is 6.90. The Hall–Kier alpha value is -5.02. The van der Waals surface area contributed by atoms with Crippen LogP contribution in [0.25, 0.3) is 0 Å². The highest BCUT2D eigenvalue weighted by Gasteiger charge is 2.40. The molecule has 3 aromatic carbocycles. The van der Waals surface area contributed by atoms with Crippen molar-refractivity contribution < 1.29 is 54.3 Å². The number of nitrogens with zero attached hydrogens (tertiary/aromatic N) is 3. The Labute approximate surface area is 294 Å². The number of amides is 4. The molecule has 16 heteroatoms. The molecule has 0 aromatic heterocycles. The summed E-state index contributed by atoms with van der Waals surface area (Å²) in [4.78, 5) is 58.2. The summed E-state index contributed by atoms with van der Waals surface area (Å²) in [5.74, 6) is -5.32. The summed E-state index contributed by atoms with van der Waals surface area (Å²) in [6.07, 6.45) is -11.0. The van der Waals surface area contributed by atoms with Crippen LogP contribution in [0.4, 0.5) is 35.1 Å². The normalized spacial score (nSPS) is 20.0. The van der Waals surface area contributed by atoms with Crippen LogP contribution < -0.4 is 5.32 Å². The van der Waals surface area contributed by atoms with Crippen molar-refractivity contribution in [3.05, 3.63) is 106 Å². The van der Waals surface area contributed by atoms with Gasteiger partial charge in [-0.3, -0.25) is 19.2 Å². The van der Waals surface area contributed by atoms with Gasteiger partial charge >= 0.3 is 12.4 Å². The number of hydrogen-bond acceptors (Lipinski definition) is 4. The highest BCUT2D eigenvalue weighted by molar-refractivity contribution is 5.94. The van der Waals surface area contributed by atoms with Gasteiger partial charge in [0, 0.05) is 52.0 Å². The van der Waals surface area contributed by atoms with Crippen molar-refractivity contribution in [2.24, 2.45) is 0 Å². The monoisotopic (exact) mass is 740 g/mol. The molecule has 52 heavy (non-hydrogen) atoms. The summed E-state index contributed by atoms with van der Waals surface area (Å²) in [5, 5.41) is 2.59. The molecule has 0 saturated carbocycles. The van der Waals surface area contributed by atoms with E-state index in [1.807, 2.05) is 0 Å². The topological polar surface area (TPSA) is 90.0 Å². The van der Waals surface area contributed by atoms with Crippen molar-refractivity contribution in [1.82, 2.24) is 20.0 Å². The summed E-state index contributed by atoms with van der Waals surface area (Å²) in [6.45, 7) is 0.580. The zero-order valence-corrected chi connectivity index (χ0v) is 28.3. The Bertz CT molecular complexity index is 1760. The van der Waals surface area contributed by atoms with Gasteiger partial charge in [0.15, 0.2) is 0 Å². The van der Waals surface area contributed by atoms with E-state index in [1.54, 1.807) is 0 Å². The van der Waals surface area contributed by atoms with E-state index in [9.17, 15) is 54.3 Å². The third kappa shape index (κ3) is 10.1. The van der Waals surface area contributed by atoms with E-state index in [0.717, 1.165) is 64.2 Å². The number of carbonyl (C=O) groups is 4. The molecule has 1 aliphatic rings. The minimum Gasteiger partial charge on any atom is -0.352 e. The summed E-state index contributed by atoms with van der Waals surface area (Å²) in [7, 11) is 2.36. The van der Waals surface area contributed by atoms with Crippen LogP contribution in [-0.2, 0) is 50.8 Å². The lowest BCUT2D eigenvalue weighted by Crippen LogP contribution is -2.57. The smallest absolute Gasteiger partial charge is 0.352 e. The minimum absolute atomic E-state index is 0.0518. The van der Waals surface area contributed by atoms with Gasteiger partial charge in [0.1, 0.15) is 23.7 Å². The van der Waals surface area contributed by atoms with Crippen molar-refractivity contribution in [2.75, 3.05) is 27.2 Å². The Morgan fingerprint density at radius 2 is 1.33 bits per heavy atom. The van der Waals surface area contributed by atoms with E-state index in [0.29, 0.717) is 11.6 Å². The van der Waals surface area contributed by atoms with E-state index < -0.39 is 96.3 Å². The Morgan fingerprint density at radius 1 is 0.731 bits per heavy atom. The van der Waals surface area contributed by atoms with Gasteiger partial charge < -0.3 is 20.0 Å².